The van der Waals surface area contributed by atoms with Crippen LogP contribution in [0.3, 0.4) is 0 Å². The van der Waals surface area contributed by atoms with E-state index in [1.54, 1.807) is 6.07 Å². The third-order valence-corrected chi connectivity index (χ3v) is 6.25. The van der Waals surface area contributed by atoms with Crippen molar-refractivity contribution in [3.05, 3.63) is 75.4 Å². The average molecular weight is 411 g/mol. The van der Waals surface area contributed by atoms with Crippen molar-refractivity contribution in [1.29, 1.82) is 0 Å². The maximum Gasteiger partial charge on any atom is 0.131 e. The van der Waals surface area contributed by atoms with Crippen molar-refractivity contribution in [2.24, 2.45) is 0 Å². The van der Waals surface area contributed by atoms with Crippen molar-refractivity contribution >= 4 is 23.2 Å². The molecular formula is C22H20Cl2N4. The highest BCUT2D eigenvalue weighted by molar-refractivity contribution is 6.43. The van der Waals surface area contributed by atoms with Gasteiger partial charge < -0.3 is 0 Å². The van der Waals surface area contributed by atoms with Gasteiger partial charge >= 0.3 is 0 Å². The number of benzene rings is 1. The molecule has 6 heteroatoms. The Morgan fingerprint density at radius 1 is 1.04 bits per heavy atom. The predicted octanol–water partition coefficient (Wildman–Crippen LogP) is 5.28. The van der Waals surface area contributed by atoms with E-state index in [-0.39, 0.29) is 0 Å². The van der Waals surface area contributed by atoms with Crippen LogP contribution in [0.15, 0.2) is 42.7 Å². The Balaban J connectivity index is 1.28. The first-order chi connectivity index (χ1) is 13.7. The van der Waals surface area contributed by atoms with E-state index in [2.05, 4.69) is 20.9 Å². The average Bonchev–Trinajstić information content (AvgIpc) is 3.56. The standard InChI is InChI=1S/C22H20Cl2N4/c23-18-3-1-2-17(21(18)24)20-7-4-14(10-25-20)12-28-9-8-19-16(13-28)11-26-22(27-19)15-5-6-15/h1-4,7,10-11,15H,5-6,8-9,12-13H2. The van der Waals surface area contributed by atoms with Crippen molar-refractivity contribution in [3.63, 3.8) is 0 Å². The molecule has 0 saturated heterocycles. The van der Waals surface area contributed by atoms with Gasteiger partial charge in [0, 0.05) is 61.2 Å². The highest BCUT2D eigenvalue weighted by Gasteiger charge is 2.28. The van der Waals surface area contributed by atoms with Gasteiger partial charge in [-0.05, 0) is 30.5 Å². The van der Waals surface area contributed by atoms with Gasteiger partial charge in [-0.15, -0.1) is 0 Å². The first kappa shape index (κ1) is 18.0. The normalized spacial score (nSPS) is 16.8. The Labute approximate surface area is 174 Å². The fourth-order valence-corrected chi connectivity index (χ4v) is 4.10. The summed E-state index contributed by atoms with van der Waals surface area (Å²) in [6, 6.07) is 9.74. The number of pyridine rings is 1. The maximum absolute atomic E-state index is 6.31. The molecule has 3 heterocycles. The molecule has 4 nitrogen and oxygen atoms in total. The van der Waals surface area contributed by atoms with Gasteiger partial charge in [0.15, 0.2) is 0 Å². The van der Waals surface area contributed by atoms with Crippen LogP contribution in [-0.4, -0.2) is 26.4 Å². The molecule has 2 aliphatic rings. The van der Waals surface area contributed by atoms with Crippen molar-refractivity contribution in [2.45, 2.75) is 38.3 Å². The Bertz CT molecular complexity index is 1020. The molecular weight excluding hydrogens is 391 g/mol. The van der Waals surface area contributed by atoms with E-state index in [1.165, 1.54) is 29.7 Å². The molecule has 5 rings (SSSR count). The molecule has 142 valence electrons. The number of hydrogen-bond donors (Lipinski definition) is 0. The van der Waals surface area contributed by atoms with Crippen LogP contribution >= 0.6 is 23.2 Å². The molecule has 28 heavy (non-hydrogen) atoms. The Hall–Kier alpha value is -2.01. The summed E-state index contributed by atoms with van der Waals surface area (Å²) in [5.74, 6) is 1.66. The summed E-state index contributed by atoms with van der Waals surface area (Å²) in [5.41, 5.74) is 5.36. The zero-order valence-corrected chi connectivity index (χ0v) is 16.9. The second kappa shape index (κ2) is 7.43. The number of fused-ring (bicyclic) bond motifs is 1. The van der Waals surface area contributed by atoms with Crippen LogP contribution in [0.4, 0.5) is 0 Å². The van der Waals surface area contributed by atoms with Crippen molar-refractivity contribution < 1.29 is 0 Å². The predicted molar refractivity (Wildman–Crippen MR) is 112 cm³/mol. The molecule has 2 aromatic heterocycles. The number of rotatable bonds is 4. The summed E-state index contributed by atoms with van der Waals surface area (Å²) in [4.78, 5) is 16.4. The molecule has 1 aliphatic carbocycles. The van der Waals surface area contributed by atoms with Crippen molar-refractivity contribution in [3.8, 4) is 11.3 Å². The third kappa shape index (κ3) is 3.64. The van der Waals surface area contributed by atoms with Gasteiger partial charge in [-0.1, -0.05) is 41.4 Å². The Morgan fingerprint density at radius 3 is 2.71 bits per heavy atom. The van der Waals surface area contributed by atoms with E-state index >= 15 is 0 Å². The molecule has 1 saturated carbocycles. The van der Waals surface area contributed by atoms with Gasteiger partial charge in [-0.2, -0.15) is 0 Å². The van der Waals surface area contributed by atoms with E-state index in [1.807, 2.05) is 30.6 Å². The van der Waals surface area contributed by atoms with E-state index in [9.17, 15) is 0 Å². The van der Waals surface area contributed by atoms with Crippen LogP contribution in [0, 0.1) is 0 Å². The highest BCUT2D eigenvalue weighted by atomic mass is 35.5. The van der Waals surface area contributed by atoms with Crippen LogP contribution in [0.25, 0.3) is 11.3 Å². The summed E-state index contributed by atoms with van der Waals surface area (Å²) in [7, 11) is 0. The summed E-state index contributed by atoms with van der Waals surface area (Å²) >= 11 is 12.4. The monoisotopic (exact) mass is 410 g/mol. The smallest absolute Gasteiger partial charge is 0.131 e. The summed E-state index contributed by atoms with van der Waals surface area (Å²) in [6.07, 6.45) is 7.43. The van der Waals surface area contributed by atoms with Gasteiger partial charge in [0.2, 0.25) is 0 Å². The van der Waals surface area contributed by atoms with Gasteiger partial charge in [0.1, 0.15) is 5.82 Å². The van der Waals surface area contributed by atoms with Crippen molar-refractivity contribution in [2.75, 3.05) is 6.54 Å². The zero-order valence-electron chi connectivity index (χ0n) is 15.4. The van der Waals surface area contributed by atoms with Gasteiger partial charge in [0.05, 0.1) is 15.7 Å². The molecule has 0 N–H and O–H groups in total. The minimum atomic E-state index is 0.544. The SMILES string of the molecule is Clc1cccc(-c2ccc(CN3CCc4nc(C5CC5)ncc4C3)cn2)c1Cl. The molecule has 0 atom stereocenters. The first-order valence-corrected chi connectivity index (χ1v) is 10.4. The summed E-state index contributed by atoms with van der Waals surface area (Å²) in [5, 5.41) is 1.09. The molecule has 3 aromatic rings. The largest absolute Gasteiger partial charge is 0.294 e. The van der Waals surface area contributed by atoms with Crippen LogP contribution in [0.5, 0.6) is 0 Å². The molecule has 0 unspecified atom stereocenters. The van der Waals surface area contributed by atoms with Crippen LogP contribution < -0.4 is 0 Å². The van der Waals surface area contributed by atoms with Crippen molar-refractivity contribution in [1.82, 2.24) is 19.9 Å². The van der Waals surface area contributed by atoms with Gasteiger partial charge in [-0.3, -0.25) is 9.88 Å². The van der Waals surface area contributed by atoms with Crippen LogP contribution in [0.1, 0.15) is 41.4 Å². The van der Waals surface area contributed by atoms with Gasteiger partial charge in [0.25, 0.3) is 0 Å². The minimum absolute atomic E-state index is 0.544. The lowest BCUT2D eigenvalue weighted by Gasteiger charge is -2.28. The lowest BCUT2D eigenvalue weighted by atomic mass is 10.1. The maximum atomic E-state index is 6.31. The minimum Gasteiger partial charge on any atom is -0.294 e. The molecule has 1 aliphatic heterocycles. The molecule has 0 bridgehead atoms. The van der Waals surface area contributed by atoms with Crippen LogP contribution in [0.2, 0.25) is 10.0 Å². The number of hydrogen-bond acceptors (Lipinski definition) is 4. The highest BCUT2D eigenvalue weighted by Crippen LogP contribution is 2.38. The Kier molecular flexibility index (Phi) is 4.79. The lowest BCUT2D eigenvalue weighted by Crippen LogP contribution is -2.31. The molecule has 0 spiro atoms. The number of halogens is 2. The summed E-state index contributed by atoms with van der Waals surface area (Å²) < 4.78 is 0. The molecule has 1 fully saturated rings. The second-order valence-corrected chi connectivity index (χ2v) is 8.37. The quantitative estimate of drug-likeness (QED) is 0.586. The van der Waals surface area contributed by atoms with E-state index < -0.39 is 0 Å². The number of aromatic nitrogens is 3. The third-order valence-electron chi connectivity index (χ3n) is 5.43. The number of nitrogens with zero attached hydrogens (tertiary/aromatic N) is 4. The zero-order chi connectivity index (χ0) is 19.1. The fraction of sp³-hybridized carbons (Fsp3) is 0.318. The van der Waals surface area contributed by atoms with E-state index in [0.29, 0.717) is 16.0 Å². The molecule has 0 radical (unpaired) electrons. The van der Waals surface area contributed by atoms with E-state index in [0.717, 1.165) is 43.1 Å². The van der Waals surface area contributed by atoms with E-state index in [4.69, 9.17) is 28.2 Å². The topological polar surface area (TPSA) is 41.9 Å². The second-order valence-electron chi connectivity index (χ2n) is 7.59. The Morgan fingerprint density at radius 2 is 1.93 bits per heavy atom. The molecule has 1 aromatic carbocycles. The van der Waals surface area contributed by atoms with Gasteiger partial charge in [-0.25, -0.2) is 9.97 Å². The van der Waals surface area contributed by atoms with Crippen LogP contribution in [-0.2, 0) is 19.5 Å². The lowest BCUT2D eigenvalue weighted by molar-refractivity contribution is 0.242. The molecule has 0 amide bonds. The first-order valence-electron chi connectivity index (χ1n) is 9.64. The fourth-order valence-electron chi connectivity index (χ4n) is 3.70. The summed E-state index contributed by atoms with van der Waals surface area (Å²) in [6.45, 7) is 2.76.